The molecule has 1 rings (SSSR count). The van der Waals surface area contributed by atoms with Gasteiger partial charge in [0.25, 0.3) is 0 Å². The maximum atomic E-state index is 10.6. The van der Waals surface area contributed by atoms with Gasteiger partial charge in [-0.25, -0.2) is 0 Å². The van der Waals surface area contributed by atoms with Crippen molar-refractivity contribution in [1.82, 2.24) is 0 Å². The average molecular weight is 289 g/mol. The summed E-state index contributed by atoms with van der Waals surface area (Å²) in [7, 11) is 1.46. The Balaban J connectivity index is 3.12. The summed E-state index contributed by atoms with van der Waals surface area (Å²) in [6, 6.07) is 4.67. The van der Waals surface area contributed by atoms with Gasteiger partial charge in [-0.3, -0.25) is 4.79 Å². The topological polar surface area (TPSA) is 66.8 Å². The van der Waals surface area contributed by atoms with Crippen molar-refractivity contribution in [1.29, 1.82) is 0 Å². The number of methoxy groups -OCH3 is 1. The fourth-order valence-electron chi connectivity index (χ4n) is 1.35. The summed E-state index contributed by atoms with van der Waals surface area (Å²) in [5.41, 5.74) is 0.829. The summed E-state index contributed by atoms with van der Waals surface area (Å²) >= 11 is 3.07. The van der Waals surface area contributed by atoms with Crippen LogP contribution in [0.5, 0.6) is 5.75 Å². The van der Waals surface area contributed by atoms with Crippen molar-refractivity contribution in [2.75, 3.05) is 12.4 Å². The first-order chi connectivity index (χ1) is 7.63. The number of alkyl halides is 1. The maximum absolute atomic E-state index is 10.6. The van der Waals surface area contributed by atoms with E-state index in [4.69, 9.17) is 4.74 Å². The molecular formula is C11H13BrO4. The Kier molecular flexibility index (Phi) is 4.92. The molecule has 88 valence electrons. The molecule has 0 spiro atoms. The van der Waals surface area contributed by atoms with Crippen molar-refractivity contribution in [3.63, 3.8) is 0 Å². The molecule has 0 radical (unpaired) electrons. The van der Waals surface area contributed by atoms with Crippen LogP contribution in [0.4, 0.5) is 0 Å². The van der Waals surface area contributed by atoms with Crippen molar-refractivity contribution >= 4 is 22.2 Å². The number of aliphatic hydroxyl groups excluding tert-OH is 2. The number of halogens is 1. The van der Waals surface area contributed by atoms with Gasteiger partial charge >= 0.3 is 0 Å². The van der Waals surface area contributed by atoms with Crippen molar-refractivity contribution < 1.29 is 19.7 Å². The fraction of sp³-hybridized carbons (Fsp3) is 0.364. The Morgan fingerprint density at radius 1 is 1.50 bits per heavy atom. The van der Waals surface area contributed by atoms with Gasteiger partial charge in [0.05, 0.1) is 13.2 Å². The normalized spacial score (nSPS) is 14.2. The van der Waals surface area contributed by atoms with Gasteiger partial charge in [0.1, 0.15) is 18.1 Å². The lowest BCUT2D eigenvalue weighted by Crippen LogP contribution is -2.20. The van der Waals surface area contributed by atoms with Gasteiger partial charge in [0.2, 0.25) is 0 Å². The number of benzene rings is 1. The highest BCUT2D eigenvalue weighted by Crippen LogP contribution is 2.28. The minimum Gasteiger partial charge on any atom is -0.496 e. The van der Waals surface area contributed by atoms with Crippen molar-refractivity contribution in [2.45, 2.75) is 12.2 Å². The second kappa shape index (κ2) is 5.98. The summed E-state index contributed by atoms with van der Waals surface area (Å²) in [6.07, 6.45) is -1.36. The molecule has 0 saturated heterocycles. The number of hydrogen-bond donors (Lipinski definition) is 2. The van der Waals surface area contributed by atoms with Crippen LogP contribution in [0.1, 0.15) is 22.0 Å². The second-order valence-corrected chi connectivity index (χ2v) is 3.93. The lowest BCUT2D eigenvalue weighted by atomic mass is 10.0. The highest BCUT2D eigenvalue weighted by molar-refractivity contribution is 9.09. The molecular weight excluding hydrogens is 276 g/mol. The van der Waals surface area contributed by atoms with Gasteiger partial charge in [0, 0.05) is 16.5 Å². The SMILES string of the molecule is COc1ccc(C=O)cc1C(O)C(O)CBr. The van der Waals surface area contributed by atoms with E-state index >= 15 is 0 Å². The lowest BCUT2D eigenvalue weighted by molar-refractivity contribution is 0.0327. The molecule has 0 saturated carbocycles. The molecule has 0 aliphatic heterocycles. The Hall–Kier alpha value is -0.910. The number of aldehydes is 1. The van der Waals surface area contributed by atoms with E-state index < -0.39 is 12.2 Å². The van der Waals surface area contributed by atoms with E-state index in [9.17, 15) is 15.0 Å². The average Bonchev–Trinajstić information content (AvgIpc) is 2.35. The molecule has 0 aliphatic carbocycles. The molecule has 16 heavy (non-hydrogen) atoms. The lowest BCUT2D eigenvalue weighted by Gasteiger charge is -2.18. The summed E-state index contributed by atoms with van der Waals surface area (Å²) in [5.74, 6) is 0.443. The standard InChI is InChI=1S/C11H13BrO4/c1-16-10-3-2-7(6-13)4-8(10)11(15)9(14)5-12/h2-4,6,9,11,14-15H,5H2,1H3. The molecule has 0 bridgehead atoms. The first-order valence-corrected chi connectivity index (χ1v) is 5.81. The molecule has 5 heteroatoms. The Bertz CT molecular complexity index is 367. The molecule has 4 nitrogen and oxygen atoms in total. The van der Waals surface area contributed by atoms with Crippen LogP contribution in [0.3, 0.4) is 0 Å². The Morgan fingerprint density at radius 2 is 2.19 bits per heavy atom. The Morgan fingerprint density at radius 3 is 2.69 bits per heavy atom. The van der Waals surface area contributed by atoms with E-state index in [0.29, 0.717) is 23.2 Å². The third-order valence-corrected chi connectivity index (χ3v) is 2.89. The zero-order valence-electron chi connectivity index (χ0n) is 8.76. The van der Waals surface area contributed by atoms with Crippen molar-refractivity contribution in [3.8, 4) is 5.75 Å². The third kappa shape index (κ3) is 2.81. The Labute approximate surface area is 102 Å². The molecule has 1 aromatic carbocycles. The minimum absolute atomic E-state index is 0.239. The smallest absolute Gasteiger partial charge is 0.150 e. The quantitative estimate of drug-likeness (QED) is 0.633. The zero-order chi connectivity index (χ0) is 12.1. The van der Waals surface area contributed by atoms with Gasteiger partial charge < -0.3 is 14.9 Å². The summed E-state index contributed by atoms with van der Waals surface area (Å²) < 4.78 is 5.06. The first kappa shape index (κ1) is 13.2. The summed E-state index contributed by atoms with van der Waals surface area (Å²) in [4.78, 5) is 10.6. The number of ether oxygens (including phenoxy) is 1. The highest BCUT2D eigenvalue weighted by atomic mass is 79.9. The number of rotatable bonds is 5. The molecule has 0 amide bonds. The molecule has 0 fully saturated rings. The van der Waals surface area contributed by atoms with E-state index in [-0.39, 0.29) is 5.33 Å². The van der Waals surface area contributed by atoms with E-state index in [2.05, 4.69) is 15.9 Å². The molecule has 0 aromatic heterocycles. The van der Waals surface area contributed by atoms with E-state index in [1.807, 2.05) is 0 Å². The maximum Gasteiger partial charge on any atom is 0.150 e. The number of carbonyl (C=O) groups excluding carboxylic acids is 1. The van der Waals surface area contributed by atoms with Crippen LogP contribution in [0, 0.1) is 0 Å². The molecule has 2 atom stereocenters. The molecule has 2 unspecified atom stereocenters. The summed E-state index contributed by atoms with van der Waals surface area (Å²) in [5, 5.41) is 19.6. The van der Waals surface area contributed by atoms with Crippen LogP contribution in [0.2, 0.25) is 0 Å². The van der Waals surface area contributed by atoms with Crippen LogP contribution in [0.25, 0.3) is 0 Å². The van der Waals surface area contributed by atoms with E-state index in [1.54, 1.807) is 12.1 Å². The van der Waals surface area contributed by atoms with Gasteiger partial charge in [-0.1, -0.05) is 15.9 Å². The molecule has 1 aromatic rings. The van der Waals surface area contributed by atoms with Crippen molar-refractivity contribution in [3.05, 3.63) is 29.3 Å². The predicted molar refractivity (Wildman–Crippen MR) is 63.1 cm³/mol. The van der Waals surface area contributed by atoms with Gasteiger partial charge in [-0.15, -0.1) is 0 Å². The number of carbonyl (C=O) groups is 1. The molecule has 0 heterocycles. The summed E-state index contributed by atoms with van der Waals surface area (Å²) in [6.45, 7) is 0. The third-order valence-electron chi connectivity index (χ3n) is 2.23. The largest absolute Gasteiger partial charge is 0.496 e. The van der Waals surface area contributed by atoms with E-state index in [1.165, 1.54) is 13.2 Å². The van der Waals surface area contributed by atoms with Gasteiger partial charge in [-0.2, -0.15) is 0 Å². The van der Waals surface area contributed by atoms with Crippen LogP contribution in [-0.2, 0) is 0 Å². The fourth-order valence-corrected chi connectivity index (χ4v) is 1.70. The van der Waals surface area contributed by atoms with E-state index in [0.717, 1.165) is 0 Å². The van der Waals surface area contributed by atoms with Crippen molar-refractivity contribution in [2.24, 2.45) is 0 Å². The number of hydrogen-bond acceptors (Lipinski definition) is 4. The highest BCUT2D eigenvalue weighted by Gasteiger charge is 2.21. The minimum atomic E-state index is -1.09. The zero-order valence-corrected chi connectivity index (χ0v) is 10.3. The molecule has 2 N–H and O–H groups in total. The number of aliphatic hydroxyl groups is 2. The first-order valence-electron chi connectivity index (χ1n) is 4.69. The van der Waals surface area contributed by atoms with Crippen LogP contribution >= 0.6 is 15.9 Å². The monoisotopic (exact) mass is 288 g/mol. The molecule has 0 aliphatic rings. The van der Waals surface area contributed by atoms with Crippen LogP contribution in [-0.4, -0.2) is 35.0 Å². The van der Waals surface area contributed by atoms with Crippen LogP contribution in [0.15, 0.2) is 18.2 Å². The van der Waals surface area contributed by atoms with Gasteiger partial charge in [-0.05, 0) is 18.2 Å². The van der Waals surface area contributed by atoms with Gasteiger partial charge in [0.15, 0.2) is 0 Å². The van der Waals surface area contributed by atoms with Crippen LogP contribution < -0.4 is 4.74 Å². The predicted octanol–water partition coefficient (Wildman–Crippen LogP) is 1.30. The second-order valence-electron chi connectivity index (χ2n) is 3.29.